The topological polar surface area (TPSA) is 107 Å². The molecule has 138 valence electrons. The summed E-state index contributed by atoms with van der Waals surface area (Å²) in [6.07, 6.45) is 2.21. The van der Waals surface area contributed by atoms with Crippen molar-refractivity contribution in [3.8, 4) is 5.75 Å². The number of carbonyl (C=O) groups is 2. The third-order valence-corrected chi connectivity index (χ3v) is 5.97. The van der Waals surface area contributed by atoms with Gasteiger partial charge in [-0.2, -0.15) is 0 Å². The molecule has 7 nitrogen and oxygen atoms in total. The maximum Gasteiger partial charge on any atom is 0.260 e. The van der Waals surface area contributed by atoms with Crippen LogP contribution in [0.2, 0.25) is 0 Å². The van der Waals surface area contributed by atoms with E-state index in [4.69, 9.17) is 10.5 Å². The molecule has 0 spiro atoms. The van der Waals surface area contributed by atoms with E-state index in [-0.39, 0.29) is 30.1 Å². The third-order valence-electron chi connectivity index (χ3n) is 4.22. The second kappa shape index (κ2) is 8.33. The van der Waals surface area contributed by atoms with E-state index in [9.17, 15) is 18.0 Å². The lowest BCUT2D eigenvalue weighted by Crippen LogP contribution is -2.44. The molecule has 1 fully saturated rings. The summed E-state index contributed by atoms with van der Waals surface area (Å²) in [5, 5.41) is 0. The fraction of sp³-hybridized carbons (Fsp3) is 0.529. The number of unbranched alkanes of at least 4 members (excludes halogenated alkanes) is 1. The highest BCUT2D eigenvalue weighted by atomic mass is 32.2. The van der Waals surface area contributed by atoms with Gasteiger partial charge in [0.1, 0.15) is 5.75 Å². The van der Waals surface area contributed by atoms with Gasteiger partial charge in [0.15, 0.2) is 16.4 Å². The fourth-order valence-electron chi connectivity index (χ4n) is 2.80. The van der Waals surface area contributed by atoms with Gasteiger partial charge in [-0.1, -0.05) is 13.3 Å². The smallest absolute Gasteiger partial charge is 0.260 e. The highest BCUT2D eigenvalue weighted by Crippen LogP contribution is 2.19. The Kier molecular flexibility index (Phi) is 6.41. The van der Waals surface area contributed by atoms with Gasteiger partial charge in [0.05, 0.1) is 11.5 Å². The lowest BCUT2D eigenvalue weighted by Gasteiger charge is -2.28. The van der Waals surface area contributed by atoms with Gasteiger partial charge in [0.25, 0.3) is 5.91 Å². The van der Waals surface area contributed by atoms with Crippen molar-refractivity contribution in [2.45, 2.75) is 32.2 Å². The number of primary amides is 1. The average molecular weight is 368 g/mol. The van der Waals surface area contributed by atoms with E-state index >= 15 is 0 Å². The van der Waals surface area contributed by atoms with Crippen LogP contribution < -0.4 is 10.5 Å². The van der Waals surface area contributed by atoms with E-state index in [0.717, 1.165) is 12.8 Å². The van der Waals surface area contributed by atoms with Gasteiger partial charge in [-0.05, 0) is 37.1 Å². The molecular formula is C17H24N2O5S. The number of benzene rings is 1. The Morgan fingerprint density at radius 3 is 2.48 bits per heavy atom. The first-order valence-corrected chi connectivity index (χ1v) is 10.2. The minimum absolute atomic E-state index is 0.0236. The largest absolute Gasteiger partial charge is 0.484 e. The molecule has 0 unspecified atom stereocenters. The molecule has 2 rings (SSSR count). The van der Waals surface area contributed by atoms with Crippen LogP contribution >= 0.6 is 0 Å². The molecule has 2 amide bonds. The van der Waals surface area contributed by atoms with Gasteiger partial charge < -0.3 is 15.4 Å². The van der Waals surface area contributed by atoms with Gasteiger partial charge in [0.2, 0.25) is 5.91 Å². The van der Waals surface area contributed by atoms with Crippen molar-refractivity contribution < 1.29 is 22.7 Å². The molecule has 25 heavy (non-hydrogen) atoms. The van der Waals surface area contributed by atoms with Crippen LogP contribution in [0.15, 0.2) is 24.3 Å². The zero-order valence-electron chi connectivity index (χ0n) is 14.3. The molecule has 1 heterocycles. The number of hydrogen-bond acceptors (Lipinski definition) is 5. The van der Waals surface area contributed by atoms with Crippen molar-refractivity contribution in [3.05, 3.63) is 29.8 Å². The Morgan fingerprint density at radius 1 is 1.28 bits per heavy atom. The van der Waals surface area contributed by atoms with Gasteiger partial charge in [-0.25, -0.2) is 8.42 Å². The number of ether oxygens (including phenoxy) is 1. The molecule has 1 aliphatic rings. The molecule has 0 radical (unpaired) electrons. The summed E-state index contributed by atoms with van der Waals surface area (Å²) < 4.78 is 28.9. The number of nitrogens with two attached hydrogens (primary N) is 1. The number of sulfone groups is 1. The standard InChI is InChI=1S/C17H24N2O5S/c1-2-3-9-19(14-8-10-25(22,23)12-14)16(20)11-24-15-6-4-13(5-7-15)17(18)21/h4-7,14H,2-3,8-12H2,1H3,(H2,18,21)/t14-/m1/s1. The Labute approximate surface area is 148 Å². The molecule has 0 saturated carbocycles. The Balaban J connectivity index is 1.97. The van der Waals surface area contributed by atoms with Crippen LogP contribution in [0, 0.1) is 0 Å². The van der Waals surface area contributed by atoms with Gasteiger partial charge >= 0.3 is 0 Å². The quantitative estimate of drug-likeness (QED) is 0.736. The highest BCUT2D eigenvalue weighted by Gasteiger charge is 2.34. The number of rotatable bonds is 8. The molecule has 0 aliphatic carbocycles. The van der Waals surface area contributed by atoms with Crippen LogP contribution in [0.25, 0.3) is 0 Å². The third kappa shape index (κ3) is 5.45. The molecule has 0 aromatic heterocycles. The number of carbonyl (C=O) groups excluding carboxylic acids is 2. The fourth-order valence-corrected chi connectivity index (χ4v) is 4.53. The maximum atomic E-state index is 12.5. The van der Waals surface area contributed by atoms with Crippen molar-refractivity contribution in [2.75, 3.05) is 24.7 Å². The summed E-state index contributed by atoms with van der Waals surface area (Å²) in [7, 11) is -3.06. The molecule has 0 bridgehead atoms. The number of hydrogen-bond donors (Lipinski definition) is 1. The van der Waals surface area contributed by atoms with Crippen molar-refractivity contribution in [2.24, 2.45) is 5.73 Å². The highest BCUT2D eigenvalue weighted by molar-refractivity contribution is 7.91. The molecule has 1 aromatic carbocycles. The average Bonchev–Trinajstić information content (AvgIpc) is 2.93. The van der Waals surface area contributed by atoms with E-state index in [1.165, 1.54) is 12.1 Å². The van der Waals surface area contributed by atoms with Crippen LogP contribution in [0.3, 0.4) is 0 Å². The van der Waals surface area contributed by atoms with Crippen molar-refractivity contribution in [1.29, 1.82) is 0 Å². The molecule has 1 saturated heterocycles. The Morgan fingerprint density at radius 2 is 1.96 bits per heavy atom. The molecule has 1 aromatic rings. The summed E-state index contributed by atoms with van der Waals surface area (Å²) in [6.45, 7) is 2.38. The molecule has 2 N–H and O–H groups in total. The second-order valence-corrected chi connectivity index (χ2v) is 8.40. The molecular weight excluding hydrogens is 344 g/mol. The lowest BCUT2D eigenvalue weighted by atomic mass is 10.2. The normalized spacial score (nSPS) is 18.7. The van der Waals surface area contributed by atoms with E-state index < -0.39 is 15.7 Å². The van der Waals surface area contributed by atoms with Crippen molar-refractivity contribution in [1.82, 2.24) is 4.90 Å². The van der Waals surface area contributed by atoms with E-state index in [2.05, 4.69) is 0 Å². The summed E-state index contributed by atoms with van der Waals surface area (Å²) >= 11 is 0. The monoisotopic (exact) mass is 368 g/mol. The second-order valence-electron chi connectivity index (χ2n) is 6.17. The van der Waals surface area contributed by atoms with Crippen LogP contribution in [0.1, 0.15) is 36.5 Å². The molecule has 8 heteroatoms. The first kappa shape index (κ1) is 19.2. The molecule has 1 aliphatic heterocycles. The van der Waals surface area contributed by atoms with Crippen molar-refractivity contribution in [3.63, 3.8) is 0 Å². The summed E-state index contributed by atoms with van der Waals surface area (Å²) in [6, 6.07) is 5.93. The first-order valence-electron chi connectivity index (χ1n) is 8.35. The summed E-state index contributed by atoms with van der Waals surface area (Å²) in [4.78, 5) is 25.2. The van der Waals surface area contributed by atoms with Crippen LogP contribution in [0.5, 0.6) is 5.75 Å². The van der Waals surface area contributed by atoms with Gasteiger partial charge in [0, 0.05) is 18.2 Å². The van der Waals surface area contributed by atoms with Crippen LogP contribution in [-0.2, 0) is 14.6 Å². The van der Waals surface area contributed by atoms with E-state index in [0.29, 0.717) is 24.3 Å². The minimum Gasteiger partial charge on any atom is -0.484 e. The van der Waals surface area contributed by atoms with E-state index in [1.807, 2.05) is 6.92 Å². The van der Waals surface area contributed by atoms with Crippen LogP contribution in [0.4, 0.5) is 0 Å². The van der Waals surface area contributed by atoms with E-state index in [1.54, 1.807) is 17.0 Å². The van der Waals surface area contributed by atoms with Crippen LogP contribution in [-0.4, -0.2) is 55.8 Å². The lowest BCUT2D eigenvalue weighted by molar-refractivity contribution is -0.135. The molecule has 1 atom stereocenters. The minimum atomic E-state index is -3.06. The Bertz CT molecular complexity index is 715. The Hall–Kier alpha value is -2.09. The van der Waals surface area contributed by atoms with Crippen molar-refractivity contribution >= 4 is 21.7 Å². The van der Waals surface area contributed by atoms with Gasteiger partial charge in [-0.15, -0.1) is 0 Å². The van der Waals surface area contributed by atoms with Gasteiger partial charge in [-0.3, -0.25) is 9.59 Å². The predicted octanol–water partition coefficient (Wildman–Crippen LogP) is 0.980. The number of amides is 2. The predicted molar refractivity (Wildman–Crippen MR) is 94.1 cm³/mol. The zero-order chi connectivity index (χ0) is 18.4. The summed E-state index contributed by atoms with van der Waals surface area (Å²) in [5.74, 6) is -0.156. The summed E-state index contributed by atoms with van der Waals surface area (Å²) in [5.41, 5.74) is 5.53. The SMILES string of the molecule is CCCCN(C(=O)COc1ccc(C(N)=O)cc1)[C@@H]1CCS(=O)(=O)C1. The number of nitrogens with zero attached hydrogens (tertiary/aromatic N) is 1. The zero-order valence-corrected chi connectivity index (χ0v) is 15.1. The maximum absolute atomic E-state index is 12.5. The first-order chi connectivity index (χ1) is 11.8.